The molecule has 1 unspecified atom stereocenters. The summed E-state index contributed by atoms with van der Waals surface area (Å²) in [5, 5.41) is 7.30. The van der Waals surface area contributed by atoms with E-state index in [1.165, 1.54) is 0 Å². The molecule has 0 spiro atoms. The molecule has 1 aromatic heterocycles. The molecule has 1 amide bonds. The van der Waals surface area contributed by atoms with Gasteiger partial charge in [0.05, 0.1) is 5.69 Å². The van der Waals surface area contributed by atoms with Crippen LogP contribution in [0, 0.1) is 5.92 Å². The van der Waals surface area contributed by atoms with E-state index in [-0.39, 0.29) is 11.9 Å². The number of hydrogen-bond acceptors (Lipinski definition) is 3. The SMILES string of the molecule is NCC(NC(=O)c1ccn(-c2cccc(Br)c2)n1)C1CC1. The summed E-state index contributed by atoms with van der Waals surface area (Å²) in [5.74, 6) is 0.372. The third-order valence-electron chi connectivity index (χ3n) is 3.66. The normalized spacial score (nSPS) is 15.7. The predicted molar refractivity (Wildman–Crippen MR) is 84.3 cm³/mol. The number of carbonyl (C=O) groups excluding carboxylic acids is 1. The van der Waals surface area contributed by atoms with Gasteiger partial charge in [-0.3, -0.25) is 4.79 Å². The van der Waals surface area contributed by atoms with Gasteiger partial charge in [0.15, 0.2) is 5.69 Å². The number of aromatic nitrogens is 2. The van der Waals surface area contributed by atoms with Crippen LogP contribution in [0.1, 0.15) is 23.3 Å². The summed E-state index contributed by atoms with van der Waals surface area (Å²) < 4.78 is 2.66. The first-order valence-electron chi connectivity index (χ1n) is 7.00. The van der Waals surface area contributed by atoms with Crippen molar-refractivity contribution in [3.63, 3.8) is 0 Å². The smallest absolute Gasteiger partial charge is 0.272 e. The molecule has 3 rings (SSSR count). The Kier molecular flexibility index (Phi) is 4.07. The van der Waals surface area contributed by atoms with Crippen molar-refractivity contribution in [1.82, 2.24) is 15.1 Å². The summed E-state index contributed by atoms with van der Waals surface area (Å²) in [7, 11) is 0. The molecule has 2 aromatic rings. The van der Waals surface area contributed by atoms with E-state index in [1.807, 2.05) is 24.3 Å². The molecule has 1 saturated carbocycles. The van der Waals surface area contributed by atoms with Crippen LogP contribution < -0.4 is 11.1 Å². The van der Waals surface area contributed by atoms with E-state index in [9.17, 15) is 4.79 Å². The van der Waals surface area contributed by atoms with Gasteiger partial charge in [-0.05, 0) is 43.0 Å². The molecule has 1 aromatic carbocycles. The lowest BCUT2D eigenvalue weighted by Gasteiger charge is -2.14. The number of benzene rings is 1. The van der Waals surface area contributed by atoms with Crippen LogP contribution in [0.4, 0.5) is 0 Å². The largest absolute Gasteiger partial charge is 0.346 e. The van der Waals surface area contributed by atoms with Crippen LogP contribution in [-0.4, -0.2) is 28.3 Å². The summed E-state index contributed by atoms with van der Waals surface area (Å²) in [5.41, 5.74) is 7.02. The Morgan fingerprint density at radius 3 is 2.95 bits per heavy atom. The molecule has 6 heteroatoms. The fourth-order valence-corrected chi connectivity index (χ4v) is 2.70. The van der Waals surface area contributed by atoms with Gasteiger partial charge in [0.25, 0.3) is 5.91 Å². The highest BCUT2D eigenvalue weighted by Gasteiger charge is 2.31. The first-order chi connectivity index (χ1) is 10.2. The minimum absolute atomic E-state index is 0.0634. The summed E-state index contributed by atoms with van der Waals surface area (Å²) in [4.78, 5) is 12.2. The van der Waals surface area contributed by atoms with E-state index >= 15 is 0 Å². The van der Waals surface area contributed by atoms with E-state index < -0.39 is 0 Å². The second-order valence-corrected chi connectivity index (χ2v) is 6.19. The number of amides is 1. The lowest BCUT2D eigenvalue weighted by molar-refractivity contribution is 0.0928. The van der Waals surface area contributed by atoms with Crippen LogP contribution in [0.15, 0.2) is 41.0 Å². The summed E-state index contributed by atoms with van der Waals surface area (Å²) in [6.07, 6.45) is 4.08. The van der Waals surface area contributed by atoms with Crippen molar-refractivity contribution in [1.29, 1.82) is 0 Å². The molecule has 3 N–H and O–H groups in total. The van der Waals surface area contributed by atoms with Crippen LogP contribution in [0.5, 0.6) is 0 Å². The molecule has 0 radical (unpaired) electrons. The number of nitrogens with two attached hydrogens (primary N) is 1. The maximum absolute atomic E-state index is 12.2. The van der Waals surface area contributed by atoms with Crippen molar-refractivity contribution in [3.8, 4) is 5.69 Å². The highest BCUT2D eigenvalue weighted by molar-refractivity contribution is 9.10. The molecule has 1 atom stereocenters. The van der Waals surface area contributed by atoms with Crippen molar-refractivity contribution in [2.45, 2.75) is 18.9 Å². The molecule has 1 fully saturated rings. The Morgan fingerprint density at radius 1 is 1.48 bits per heavy atom. The maximum Gasteiger partial charge on any atom is 0.272 e. The molecular formula is C15H17BrN4O. The predicted octanol–water partition coefficient (Wildman–Crippen LogP) is 2.10. The van der Waals surface area contributed by atoms with Crippen molar-refractivity contribution in [2.75, 3.05) is 6.54 Å². The van der Waals surface area contributed by atoms with Gasteiger partial charge in [-0.2, -0.15) is 5.10 Å². The minimum atomic E-state index is -0.161. The second kappa shape index (κ2) is 5.99. The van der Waals surface area contributed by atoms with Crippen molar-refractivity contribution in [2.24, 2.45) is 11.7 Å². The number of carbonyl (C=O) groups is 1. The summed E-state index contributed by atoms with van der Waals surface area (Å²) in [6, 6.07) is 9.54. The number of hydrogen-bond donors (Lipinski definition) is 2. The highest BCUT2D eigenvalue weighted by Crippen LogP contribution is 2.32. The average Bonchev–Trinajstić information content (AvgIpc) is 3.20. The van der Waals surface area contributed by atoms with E-state index in [4.69, 9.17) is 5.73 Å². The van der Waals surface area contributed by atoms with Crippen molar-refractivity contribution < 1.29 is 4.79 Å². The van der Waals surface area contributed by atoms with Gasteiger partial charge in [-0.25, -0.2) is 4.68 Å². The zero-order valence-corrected chi connectivity index (χ0v) is 13.1. The van der Waals surface area contributed by atoms with Crippen LogP contribution in [0.25, 0.3) is 5.69 Å². The molecule has 110 valence electrons. The molecule has 1 heterocycles. The van der Waals surface area contributed by atoms with Crippen LogP contribution in [-0.2, 0) is 0 Å². The van der Waals surface area contributed by atoms with Crippen molar-refractivity contribution in [3.05, 3.63) is 46.7 Å². The second-order valence-electron chi connectivity index (χ2n) is 5.28. The summed E-state index contributed by atoms with van der Waals surface area (Å²) in [6.45, 7) is 0.475. The molecule has 0 bridgehead atoms. The van der Waals surface area contributed by atoms with Gasteiger partial charge in [-0.15, -0.1) is 0 Å². The topological polar surface area (TPSA) is 72.9 Å². The molecule has 1 aliphatic rings. The monoisotopic (exact) mass is 348 g/mol. The van der Waals surface area contributed by atoms with E-state index in [0.717, 1.165) is 23.0 Å². The number of nitrogens with one attached hydrogen (secondary N) is 1. The Bertz CT molecular complexity index is 651. The van der Waals surface area contributed by atoms with Gasteiger partial charge >= 0.3 is 0 Å². The lowest BCUT2D eigenvalue weighted by atomic mass is 10.2. The molecule has 0 aliphatic heterocycles. The Balaban J connectivity index is 1.73. The zero-order valence-electron chi connectivity index (χ0n) is 11.5. The third kappa shape index (κ3) is 3.33. The quantitative estimate of drug-likeness (QED) is 0.868. The minimum Gasteiger partial charge on any atom is -0.346 e. The Hall–Kier alpha value is -1.66. The summed E-state index contributed by atoms with van der Waals surface area (Å²) >= 11 is 3.43. The van der Waals surface area contributed by atoms with Gasteiger partial charge in [0.1, 0.15) is 0 Å². The van der Waals surface area contributed by atoms with E-state index in [0.29, 0.717) is 18.2 Å². The number of nitrogens with zero attached hydrogens (tertiary/aromatic N) is 2. The van der Waals surface area contributed by atoms with Gasteiger partial charge in [0, 0.05) is 23.3 Å². The molecular weight excluding hydrogens is 332 g/mol. The molecule has 21 heavy (non-hydrogen) atoms. The van der Waals surface area contributed by atoms with Crippen LogP contribution in [0.2, 0.25) is 0 Å². The highest BCUT2D eigenvalue weighted by atomic mass is 79.9. The Labute approximate surface area is 131 Å². The number of rotatable bonds is 5. The standard InChI is InChI=1S/C15H17BrN4O/c16-11-2-1-3-12(8-11)20-7-6-13(19-20)15(21)18-14(9-17)10-4-5-10/h1-3,6-8,10,14H,4-5,9,17H2,(H,18,21). The van der Waals surface area contributed by atoms with E-state index in [2.05, 4.69) is 26.3 Å². The fraction of sp³-hybridized carbons (Fsp3) is 0.333. The van der Waals surface area contributed by atoms with Crippen LogP contribution >= 0.6 is 15.9 Å². The van der Waals surface area contributed by atoms with Gasteiger partial charge < -0.3 is 11.1 Å². The van der Waals surface area contributed by atoms with E-state index in [1.54, 1.807) is 16.9 Å². The lowest BCUT2D eigenvalue weighted by Crippen LogP contribution is -2.41. The molecule has 5 nitrogen and oxygen atoms in total. The third-order valence-corrected chi connectivity index (χ3v) is 4.15. The zero-order chi connectivity index (χ0) is 14.8. The first kappa shape index (κ1) is 14.3. The van der Waals surface area contributed by atoms with Gasteiger partial charge in [-0.1, -0.05) is 22.0 Å². The van der Waals surface area contributed by atoms with Crippen LogP contribution in [0.3, 0.4) is 0 Å². The number of halogens is 1. The average molecular weight is 349 g/mol. The fourth-order valence-electron chi connectivity index (χ4n) is 2.32. The maximum atomic E-state index is 12.2. The molecule has 0 saturated heterocycles. The van der Waals surface area contributed by atoms with Gasteiger partial charge in [0.2, 0.25) is 0 Å². The first-order valence-corrected chi connectivity index (χ1v) is 7.79. The Morgan fingerprint density at radius 2 is 2.29 bits per heavy atom. The molecule has 1 aliphatic carbocycles. The van der Waals surface area contributed by atoms with Crippen molar-refractivity contribution >= 4 is 21.8 Å².